The maximum atomic E-state index is 3.99. The van der Waals surface area contributed by atoms with Crippen LogP contribution < -0.4 is 5.32 Å². The zero-order chi connectivity index (χ0) is 13.0. The van der Waals surface area contributed by atoms with Gasteiger partial charge in [-0.05, 0) is 11.8 Å². The van der Waals surface area contributed by atoms with Crippen LogP contribution in [0.15, 0.2) is 11.1 Å². The molecule has 1 heterocycles. The van der Waals surface area contributed by atoms with E-state index in [1.165, 1.54) is 6.42 Å². The van der Waals surface area contributed by atoms with Crippen molar-refractivity contribution in [3.05, 3.63) is 11.1 Å². The summed E-state index contributed by atoms with van der Waals surface area (Å²) in [4.78, 5) is 2.58. The lowest BCUT2D eigenvalue weighted by Crippen LogP contribution is -2.60. The number of nitrogens with zero attached hydrogens (tertiary/aromatic N) is 1. The van der Waals surface area contributed by atoms with E-state index in [2.05, 4.69) is 60.4 Å². The smallest absolute Gasteiger partial charge is 0.0298 e. The molecule has 1 saturated heterocycles. The average molecular weight is 303 g/mol. The molecule has 0 spiro atoms. The molecule has 0 aliphatic carbocycles. The van der Waals surface area contributed by atoms with Gasteiger partial charge in [-0.25, -0.2) is 0 Å². The number of hydrogen-bond acceptors (Lipinski definition) is 2. The normalized spacial score (nSPS) is 28.4. The molecule has 17 heavy (non-hydrogen) atoms. The monoisotopic (exact) mass is 302 g/mol. The molecule has 2 nitrogen and oxygen atoms in total. The van der Waals surface area contributed by atoms with Crippen molar-refractivity contribution in [2.24, 2.45) is 11.8 Å². The quantitative estimate of drug-likeness (QED) is 0.839. The highest BCUT2D eigenvalue weighted by Crippen LogP contribution is 2.21. The van der Waals surface area contributed by atoms with Crippen LogP contribution in [0, 0.1) is 11.8 Å². The van der Waals surface area contributed by atoms with Crippen LogP contribution in [0.25, 0.3) is 0 Å². The zero-order valence-corrected chi connectivity index (χ0v) is 13.3. The first kappa shape index (κ1) is 15.2. The van der Waals surface area contributed by atoms with Crippen LogP contribution in [0.4, 0.5) is 0 Å². The van der Waals surface area contributed by atoms with Crippen molar-refractivity contribution in [3.8, 4) is 0 Å². The van der Waals surface area contributed by atoms with Gasteiger partial charge in [0.15, 0.2) is 0 Å². The standard InChI is InChI=1S/C14H27BrN2/c1-6-11(4)13-9-17(8-12(5)15)14(7-16-13)10(2)3/h10-11,13-14,16H,5-9H2,1-4H3. The van der Waals surface area contributed by atoms with Crippen LogP contribution in [0.1, 0.15) is 34.1 Å². The summed E-state index contributed by atoms with van der Waals surface area (Å²) in [5.41, 5.74) is 0. The molecular weight excluding hydrogens is 276 g/mol. The van der Waals surface area contributed by atoms with E-state index in [0.717, 1.165) is 30.0 Å². The second-order valence-electron chi connectivity index (χ2n) is 5.66. The molecule has 1 aliphatic rings. The molecule has 0 bridgehead atoms. The Balaban J connectivity index is 2.65. The van der Waals surface area contributed by atoms with E-state index in [9.17, 15) is 0 Å². The van der Waals surface area contributed by atoms with Crippen molar-refractivity contribution in [2.75, 3.05) is 19.6 Å². The molecule has 0 aromatic heterocycles. The van der Waals surface area contributed by atoms with Crippen LogP contribution in [-0.2, 0) is 0 Å². The van der Waals surface area contributed by atoms with Gasteiger partial charge in [0.2, 0.25) is 0 Å². The molecule has 100 valence electrons. The van der Waals surface area contributed by atoms with Crippen LogP contribution in [-0.4, -0.2) is 36.6 Å². The first-order valence-corrected chi connectivity index (χ1v) is 7.55. The fourth-order valence-corrected chi connectivity index (χ4v) is 2.90. The lowest BCUT2D eigenvalue weighted by Gasteiger charge is -2.44. The van der Waals surface area contributed by atoms with E-state index in [-0.39, 0.29) is 0 Å². The van der Waals surface area contributed by atoms with Crippen molar-refractivity contribution >= 4 is 15.9 Å². The topological polar surface area (TPSA) is 15.3 Å². The number of piperazine rings is 1. The Morgan fingerprint density at radius 1 is 1.47 bits per heavy atom. The SMILES string of the molecule is C=C(Br)CN1CC(C(C)CC)NCC1C(C)C. The number of nitrogens with one attached hydrogen (secondary N) is 1. The predicted octanol–water partition coefficient (Wildman–Crippen LogP) is 3.24. The van der Waals surface area contributed by atoms with E-state index in [4.69, 9.17) is 0 Å². The molecule has 1 aliphatic heterocycles. The van der Waals surface area contributed by atoms with Gasteiger partial charge in [-0.15, -0.1) is 0 Å². The first-order chi connectivity index (χ1) is 7.95. The molecule has 3 atom stereocenters. The summed E-state index contributed by atoms with van der Waals surface area (Å²) in [7, 11) is 0. The average Bonchev–Trinajstić information content (AvgIpc) is 2.26. The molecule has 0 aromatic rings. The van der Waals surface area contributed by atoms with Gasteiger partial charge in [-0.2, -0.15) is 0 Å². The van der Waals surface area contributed by atoms with Crippen LogP contribution in [0.3, 0.4) is 0 Å². The maximum absolute atomic E-state index is 3.99. The summed E-state index contributed by atoms with van der Waals surface area (Å²) in [6, 6.07) is 1.26. The van der Waals surface area contributed by atoms with E-state index >= 15 is 0 Å². The minimum Gasteiger partial charge on any atom is -0.311 e. The Morgan fingerprint density at radius 2 is 2.12 bits per heavy atom. The highest BCUT2D eigenvalue weighted by molar-refractivity contribution is 9.11. The van der Waals surface area contributed by atoms with Crippen molar-refractivity contribution in [2.45, 2.75) is 46.2 Å². The van der Waals surface area contributed by atoms with E-state index in [1.54, 1.807) is 0 Å². The summed E-state index contributed by atoms with van der Waals surface area (Å²) in [6.07, 6.45) is 1.24. The van der Waals surface area contributed by atoms with Gasteiger partial charge < -0.3 is 5.32 Å². The lowest BCUT2D eigenvalue weighted by atomic mass is 9.92. The first-order valence-electron chi connectivity index (χ1n) is 6.76. The second kappa shape index (κ2) is 6.91. The molecular formula is C14H27BrN2. The van der Waals surface area contributed by atoms with Crippen molar-refractivity contribution in [1.29, 1.82) is 0 Å². The molecule has 0 saturated carbocycles. The molecule has 1 N–H and O–H groups in total. The van der Waals surface area contributed by atoms with Crippen LogP contribution in [0.2, 0.25) is 0 Å². The molecule has 1 rings (SSSR count). The Bertz CT molecular complexity index is 253. The Hall–Kier alpha value is 0.140. The summed E-state index contributed by atoms with van der Waals surface area (Å²) in [5.74, 6) is 1.43. The third kappa shape index (κ3) is 4.38. The lowest BCUT2D eigenvalue weighted by molar-refractivity contribution is 0.0929. The number of halogens is 1. The van der Waals surface area contributed by atoms with Gasteiger partial charge in [0.25, 0.3) is 0 Å². The van der Waals surface area contributed by atoms with E-state index < -0.39 is 0 Å². The highest BCUT2D eigenvalue weighted by atomic mass is 79.9. The molecule has 3 heteroatoms. The molecule has 3 unspecified atom stereocenters. The molecule has 0 radical (unpaired) electrons. The Morgan fingerprint density at radius 3 is 2.59 bits per heavy atom. The minimum absolute atomic E-state index is 0.627. The van der Waals surface area contributed by atoms with Crippen LogP contribution in [0.5, 0.6) is 0 Å². The van der Waals surface area contributed by atoms with Gasteiger partial charge in [0, 0.05) is 36.2 Å². The summed E-state index contributed by atoms with van der Waals surface area (Å²) in [5, 5.41) is 3.72. The third-order valence-electron chi connectivity index (χ3n) is 3.96. The fourth-order valence-electron chi connectivity index (χ4n) is 2.58. The van der Waals surface area contributed by atoms with Crippen molar-refractivity contribution in [3.63, 3.8) is 0 Å². The van der Waals surface area contributed by atoms with Crippen molar-refractivity contribution < 1.29 is 0 Å². The number of rotatable bonds is 5. The number of hydrogen-bond donors (Lipinski definition) is 1. The minimum atomic E-state index is 0.627. The molecule has 0 aromatic carbocycles. The second-order valence-corrected chi connectivity index (χ2v) is 6.78. The summed E-state index contributed by atoms with van der Waals surface area (Å²) < 4.78 is 1.09. The van der Waals surface area contributed by atoms with Gasteiger partial charge in [0.1, 0.15) is 0 Å². The zero-order valence-electron chi connectivity index (χ0n) is 11.7. The largest absolute Gasteiger partial charge is 0.311 e. The van der Waals surface area contributed by atoms with Gasteiger partial charge in [-0.3, -0.25) is 4.90 Å². The Kier molecular flexibility index (Phi) is 6.18. The highest BCUT2D eigenvalue weighted by Gasteiger charge is 2.31. The summed E-state index contributed by atoms with van der Waals surface area (Å²) in [6.45, 7) is 16.4. The van der Waals surface area contributed by atoms with Crippen LogP contribution >= 0.6 is 15.9 Å². The molecule has 1 fully saturated rings. The van der Waals surface area contributed by atoms with Crippen molar-refractivity contribution in [1.82, 2.24) is 10.2 Å². The van der Waals surface area contributed by atoms with E-state index in [1.807, 2.05) is 0 Å². The maximum Gasteiger partial charge on any atom is 0.0298 e. The third-order valence-corrected chi connectivity index (χ3v) is 4.22. The van der Waals surface area contributed by atoms with Gasteiger partial charge in [-0.1, -0.05) is 56.6 Å². The molecule has 0 amide bonds. The summed E-state index contributed by atoms with van der Waals surface area (Å²) >= 11 is 3.50. The fraction of sp³-hybridized carbons (Fsp3) is 0.857. The van der Waals surface area contributed by atoms with Gasteiger partial charge >= 0.3 is 0 Å². The Labute approximate surface area is 115 Å². The van der Waals surface area contributed by atoms with Gasteiger partial charge in [0.05, 0.1) is 0 Å². The predicted molar refractivity (Wildman–Crippen MR) is 79.5 cm³/mol. The van der Waals surface area contributed by atoms with E-state index in [0.29, 0.717) is 18.0 Å².